The second kappa shape index (κ2) is 4.22. The third kappa shape index (κ3) is 1.84. The molecule has 0 amide bonds. The minimum Gasteiger partial charge on any atom is -0.463 e. The number of carbonyl (C=O) groups is 1. The van der Waals surface area contributed by atoms with E-state index in [-0.39, 0.29) is 5.97 Å². The predicted molar refractivity (Wildman–Crippen MR) is 56.9 cm³/mol. The van der Waals surface area contributed by atoms with E-state index in [1.807, 2.05) is 0 Å². The van der Waals surface area contributed by atoms with E-state index in [0.29, 0.717) is 23.6 Å². The van der Waals surface area contributed by atoms with Crippen molar-refractivity contribution in [1.82, 2.24) is 9.78 Å². The van der Waals surface area contributed by atoms with E-state index >= 15 is 0 Å². The van der Waals surface area contributed by atoms with E-state index in [1.165, 1.54) is 0 Å². The van der Waals surface area contributed by atoms with Crippen LogP contribution in [0.3, 0.4) is 0 Å². The van der Waals surface area contributed by atoms with Crippen LogP contribution in [0.1, 0.15) is 17.3 Å². The molecular formula is C11H12N2O3. The zero-order valence-electron chi connectivity index (χ0n) is 9.14. The Morgan fingerprint density at radius 3 is 3.06 bits per heavy atom. The molecule has 16 heavy (non-hydrogen) atoms. The lowest BCUT2D eigenvalue weighted by molar-refractivity contribution is 0.0527. The molecule has 0 fully saturated rings. The Hall–Kier alpha value is -2.04. The van der Waals surface area contributed by atoms with Gasteiger partial charge in [0.2, 0.25) is 0 Å². The number of rotatable bonds is 3. The number of furan rings is 1. The van der Waals surface area contributed by atoms with E-state index in [1.54, 1.807) is 43.2 Å². The molecule has 2 heterocycles. The largest absolute Gasteiger partial charge is 0.463 e. The molecule has 0 N–H and O–H groups in total. The molecule has 0 saturated heterocycles. The summed E-state index contributed by atoms with van der Waals surface area (Å²) in [7, 11) is 1.75. The lowest BCUT2D eigenvalue weighted by Crippen LogP contribution is -2.04. The molecule has 0 spiro atoms. The fourth-order valence-corrected chi connectivity index (χ4v) is 1.44. The summed E-state index contributed by atoms with van der Waals surface area (Å²) < 4.78 is 11.7. The first-order valence-electron chi connectivity index (χ1n) is 4.97. The number of aromatic nitrogens is 2. The Labute approximate surface area is 92.6 Å². The van der Waals surface area contributed by atoms with Crippen LogP contribution in [0.5, 0.6) is 0 Å². The lowest BCUT2D eigenvalue weighted by Gasteiger charge is -1.99. The molecule has 0 unspecified atom stereocenters. The monoisotopic (exact) mass is 220 g/mol. The van der Waals surface area contributed by atoms with E-state index in [2.05, 4.69) is 5.10 Å². The topological polar surface area (TPSA) is 57.3 Å². The number of aryl methyl sites for hydroxylation is 1. The SMILES string of the molecule is CCOC(=O)c1cn(C)nc1-c1ccco1. The maximum Gasteiger partial charge on any atom is 0.342 e. The molecule has 2 aromatic heterocycles. The van der Waals surface area contributed by atoms with Crippen molar-refractivity contribution >= 4 is 5.97 Å². The van der Waals surface area contributed by atoms with Crippen molar-refractivity contribution in [1.29, 1.82) is 0 Å². The minimum atomic E-state index is -0.387. The van der Waals surface area contributed by atoms with Crippen LogP contribution in [-0.2, 0) is 11.8 Å². The number of esters is 1. The van der Waals surface area contributed by atoms with Crippen molar-refractivity contribution in [3.8, 4) is 11.5 Å². The average molecular weight is 220 g/mol. The van der Waals surface area contributed by atoms with Crippen LogP contribution in [0.4, 0.5) is 0 Å². The van der Waals surface area contributed by atoms with Crippen LogP contribution in [0, 0.1) is 0 Å². The molecule has 0 aromatic carbocycles. The van der Waals surface area contributed by atoms with Gasteiger partial charge < -0.3 is 9.15 Å². The molecule has 0 saturated carbocycles. The van der Waals surface area contributed by atoms with Gasteiger partial charge in [-0.25, -0.2) is 4.79 Å². The van der Waals surface area contributed by atoms with Crippen molar-refractivity contribution < 1.29 is 13.9 Å². The number of hydrogen-bond donors (Lipinski definition) is 0. The first-order valence-corrected chi connectivity index (χ1v) is 4.97. The van der Waals surface area contributed by atoms with Crippen LogP contribution in [0.15, 0.2) is 29.0 Å². The van der Waals surface area contributed by atoms with Gasteiger partial charge in [0.15, 0.2) is 5.76 Å². The third-order valence-electron chi connectivity index (χ3n) is 2.08. The Morgan fingerprint density at radius 1 is 1.62 bits per heavy atom. The average Bonchev–Trinajstić information content (AvgIpc) is 2.85. The molecule has 0 bridgehead atoms. The molecule has 5 nitrogen and oxygen atoms in total. The summed E-state index contributed by atoms with van der Waals surface area (Å²) in [5, 5.41) is 4.18. The second-order valence-corrected chi connectivity index (χ2v) is 3.26. The molecule has 5 heteroatoms. The van der Waals surface area contributed by atoms with E-state index in [0.717, 1.165) is 0 Å². The smallest absolute Gasteiger partial charge is 0.342 e. The summed E-state index contributed by atoms with van der Waals surface area (Å²) in [5.74, 6) is 0.172. The van der Waals surface area contributed by atoms with E-state index in [4.69, 9.17) is 9.15 Å². The number of carbonyl (C=O) groups excluding carboxylic acids is 1. The van der Waals surface area contributed by atoms with Gasteiger partial charge in [-0.15, -0.1) is 0 Å². The van der Waals surface area contributed by atoms with Gasteiger partial charge in [-0.2, -0.15) is 5.10 Å². The predicted octanol–water partition coefficient (Wildman–Crippen LogP) is 1.86. The minimum absolute atomic E-state index is 0.339. The second-order valence-electron chi connectivity index (χ2n) is 3.26. The summed E-state index contributed by atoms with van der Waals surface area (Å²) in [5.41, 5.74) is 0.922. The van der Waals surface area contributed by atoms with Gasteiger partial charge in [0.25, 0.3) is 0 Å². The number of nitrogens with zero attached hydrogens (tertiary/aromatic N) is 2. The van der Waals surface area contributed by atoms with Crippen molar-refractivity contribution in [3.63, 3.8) is 0 Å². The fraction of sp³-hybridized carbons (Fsp3) is 0.273. The Morgan fingerprint density at radius 2 is 2.44 bits per heavy atom. The zero-order chi connectivity index (χ0) is 11.5. The standard InChI is InChI=1S/C11H12N2O3/c1-3-15-11(14)8-7-13(2)12-10(8)9-5-4-6-16-9/h4-7H,3H2,1-2H3. The van der Waals surface area contributed by atoms with Gasteiger partial charge in [-0.05, 0) is 19.1 Å². The highest BCUT2D eigenvalue weighted by Crippen LogP contribution is 2.22. The van der Waals surface area contributed by atoms with Gasteiger partial charge in [-0.3, -0.25) is 4.68 Å². The molecular weight excluding hydrogens is 208 g/mol. The summed E-state index contributed by atoms with van der Waals surface area (Å²) in [6, 6.07) is 3.50. The summed E-state index contributed by atoms with van der Waals surface area (Å²) in [4.78, 5) is 11.7. The molecule has 0 radical (unpaired) electrons. The highest BCUT2D eigenvalue weighted by molar-refractivity contribution is 5.95. The van der Waals surface area contributed by atoms with Gasteiger partial charge in [-0.1, -0.05) is 0 Å². The Kier molecular flexibility index (Phi) is 2.76. The lowest BCUT2D eigenvalue weighted by atomic mass is 10.2. The molecule has 2 aromatic rings. The van der Waals surface area contributed by atoms with Crippen molar-refractivity contribution in [2.75, 3.05) is 6.61 Å². The van der Waals surface area contributed by atoms with Gasteiger partial charge in [0.1, 0.15) is 11.3 Å². The van der Waals surface area contributed by atoms with Crippen molar-refractivity contribution in [2.24, 2.45) is 7.05 Å². The van der Waals surface area contributed by atoms with Gasteiger partial charge in [0.05, 0.1) is 12.9 Å². The summed E-state index contributed by atoms with van der Waals surface area (Å²) in [6.45, 7) is 2.10. The summed E-state index contributed by atoms with van der Waals surface area (Å²) in [6.07, 6.45) is 3.16. The molecule has 0 aliphatic rings. The highest BCUT2D eigenvalue weighted by atomic mass is 16.5. The third-order valence-corrected chi connectivity index (χ3v) is 2.08. The zero-order valence-corrected chi connectivity index (χ0v) is 9.14. The Bertz CT molecular complexity index is 485. The molecule has 0 aliphatic heterocycles. The number of hydrogen-bond acceptors (Lipinski definition) is 4. The number of ether oxygens (including phenoxy) is 1. The van der Waals surface area contributed by atoms with Gasteiger partial charge >= 0.3 is 5.97 Å². The first kappa shape index (κ1) is 10.5. The molecule has 2 rings (SSSR count). The van der Waals surface area contributed by atoms with Crippen molar-refractivity contribution in [3.05, 3.63) is 30.2 Å². The summed E-state index contributed by atoms with van der Waals surface area (Å²) >= 11 is 0. The highest BCUT2D eigenvalue weighted by Gasteiger charge is 2.19. The molecule has 0 aliphatic carbocycles. The van der Waals surface area contributed by atoms with E-state index < -0.39 is 0 Å². The van der Waals surface area contributed by atoms with Crippen LogP contribution in [0.25, 0.3) is 11.5 Å². The quantitative estimate of drug-likeness (QED) is 0.741. The Balaban J connectivity index is 2.42. The van der Waals surface area contributed by atoms with Crippen LogP contribution >= 0.6 is 0 Å². The molecule has 0 atom stereocenters. The van der Waals surface area contributed by atoms with E-state index in [9.17, 15) is 4.79 Å². The normalized spacial score (nSPS) is 10.4. The van der Waals surface area contributed by atoms with Gasteiger partial charge in [0, 0.05) is 13.2 Å². The van der Waals surface area contributed by atoms with Crippen LogP contribution in [0.2, 0.25) is 0 Å². The molecule has 84 valence electrons. The maximum absolute atomic E-state index is 11.7. The first-order chi connectivity index (χ1) is 7.72. The van der Waals surface area contributed by atoms with Crippen LogP contribution in [-0.4, -0.2) is 22.4 Å². The van der Waals surface area contributed by atoms with Crippen LogP contribution < -0.4 is 0 Å². The maximum atomic E-state index is 11.7. The fourth-order valence-electron chi connectivity index (χ4n) is 1.44. The van der Waals surface area contributed by atoms with Crippen molar-refractivity contribution in [2.45, 2.75) is 6.92 Å².